The van der Waals surface area contributed by atoms with Crippen molar-refractivity contribution in [3.63, 3.8) is 0 Å². The van der Waals surface area contributed by atoms with Crippen molar-refractivity contribution < 1.29 is 4.79 Å². The molecule has 4 rings (SSSR count). The smallest absolute Gasteiger partial charge is 0.255 e. The first-order chi connectivity index (χ1) is 15.6. The molecule has 164 valence electrons. The fourth-order valence-corrected chi connectivity index (χ4v) is 3.89. The van der Waals surface area contributed by atoms with Gasteiger partial charge >= 0.3 is 0 Å². The summed E-state index contributed by atoms with van der Waals surface area (Å²) in [5.41, 5.74) is 3.46. The lowest BCUT2D eigenvalue weighted by Gasteiger charge is -2.20. The molecule has 0 aliphatic heterocycles. The summed E-state index contributed by atoms with van der Waals surface area (Å²) in [7, 11) is 0. The Bertz CT molecular complexity index is 1220. The van der Waals surface area contributed by atoms with Crippen LogP contribution in [0.1, 0.15) is 43.2 Å². The second-order valence-corrected chi connectivity index (χ2v) is 7.72. The van der Waals surface area contributed by atoms with Crippen LogP contribution >= 0.6 is 0 Å². The van der Waals surface area contributed by atoms with Gasteiger partial charge in [0, 0.05) is 29.7 Å². The molecule has 0 unspecified atom stereocenters. The fourth-order valence-electron chi connectivity index (χ4n) is 3.89. The molecule has 0 aliphatic carbocycles. The Morgan fingerprint density at radius 2 is 1.75 bits per heavy atom. The number of benzene rings is 2. The van der Waals surface area contributed by atoms with Crippen molar-refractivity contribution in [2.24, 2.45) is 0 Å². The maximum absolute atomic E-state index is 13.1. The topological polar surface area (TPSA) is 73.9 Å². The highest BCUT2D eigenvalue weighted by atomic mass is 16.2. The highest BCUT2D eigenvalue weighted by molar-refractivity contribution is 5.97. The Balaban J connectivity index is 1.73. The van der Waals surface area contributed by atoms with Gasteiger partial charge in [-0.15, -0.1) is 0 Å². The minimum Gasteiger partial charge on any atom is -0.345 e. The number of fused-ring (bicyclic) bond motifs is 1. The van der Waals surface area contributed by atoms with E-state index in [9.17, 15) is 4.79 Å². The van der Waals surface area contributed by atoms with Crippen molar-refractivity contribution in [2.45, 2.75) is 33.6 Å². The Morgan fingerprint density at radius 3 is 2.47 bits per heavy atom. The monoisotopic (exact) mass is 427 g/mol. The maximum Gasteiger partial charge on any atom is 0.255 e. The number of anilines is 2. The average molecular weight is 428 g/mol. The molecule has 0 bridgehead atoms. The zero-order chi connectivity index (χ0) is 22.5. The van der Waals surface area contributed by atoms with Crippen LogP contribution in [0.25, 0.3) is 22.3 Å². The number of aryl methyl sites for hydroxylation is 1. The lowest BCUT2D eigenvalue weighted by atomic mass is 10.1. The molecular formula is C26H29N5O. The quantitative estimate of drug-likeness (QED) is 0.372. The summed E-state index contributed by atoms with van der Waals surface area (Å²) < 4.78 is 0. The van der Waals surface area contributed by atoms with Crippen LogP contribution in [0.5, 0.6) is 0 Å². The molecule has 6 heteroatoms. The number of nitrogens with zero attached hydrogens (tertiary/aromatic N) is 3. The Morgan fingerprint density at radius 1 is 1.00 bits per heavy atom. The summed E-state index contributed by atoms with van der Waals surface area (Å²) in [5, 5.41) is 4.34. The van der Waals surface area contributed by atoms with E-state index in [2.05, 4.69) is 24.1 Å². The van der Waals surface area contributed by atoms with Gasteiger partial charge in [-0.05, 0) is 38.0 Å². The van der Waals surface area contributed by atoms with Gasteiger partial charge in [0.05, 0.1) is 11.1 Å². The maximum atomic E-state index is 13.1. The van der Waals surface area contributed by atoms with E-state index in [-0.39, 0.29) is 5.91 Å². The molecule has 1 amide bonds. The van der Waals surface area contributed by atoms with Gasteiger partial charge in [0.2, 0.25) is 0 Å². The summed E-state index contributed by atoms with van der Waals surface area (Å²) in [4.78, 5) is 28.0. The van der Waals surface area contributed by atoms with E-state index in [1.807, 2.05) is 72.5 Å². The van der Waals surface area contributed by atoms with Crippen molar-refractivity contribution in [1.29, 1.82) is 0 Å². The molecule has 2 aromatic heterocycles. The van der Waals surface area contributed by atoms with Gasteiger partial charge in [-0.1, -0.05) is 56.3 Å². The molecule has 0 saturated carbocycles. The number of aromatic nitrogens is 3. The number of hydrogen-bond donors (Lipinski definition) is 2. The number of rotatable bonds is 8. The van der Waals surface area contributed by atoms with Gasteiger partial charge in [0.25, 0.3) is 5.91 Å². The van der Waals surface area contributed by atoms with E-state index in [1.165, 1.54) is 0 Å². The van der Waals surface area contributed by atoms with Gasteiger partial charge in [-0.25, -0.2) is 9.97 Å². The van der Waals surface area contributed by atoms with Gasteiger partial charge in [0.1, 0.15) is 11.6 Å². The highest BCUT2D eigenvalue weighted by Gasteiger charge is 2.20. The zero-order valence-electron chi connectivity index (χ0n) is 18.9. The van der Waals surface area contributed by atoms with Crippen LogP contribution in [0.3, 0.4) is 0 Å². The third-order valence-corrected chi connectivity index (χ3v) is 5.53. The van der Waals surface area contributed by atoms with Crippen LogP contribution in [0, 0.1) is 0 Å². The summed E-state index contributed by atoms with van der Waals surface area (Å²) in [6.45, 7) is 7.61. The number of para-hydroxylation sites is 1. The molecule has 6 nitrogen and oxygen atoms in total. The molecule has 0 aliphatic rings. The molecule has 0 saturated heterocycles. The van der Waals surface area contributed by atoms with E-state index in [0.717, 1.165) is 47.4 Å². The molecule has 2 aromatic carbocycles. The minimum atomic E-state index is 0.0630. The first kappa shape index (κ1) is 21.6. The Labute approximate surface area is 188 Å². The first-order valence-electron chi connectivity index (χ1n) is 11.2. The van der Waals surface area contributed by atoms with E-state index < -0.39 is 0 Å². The predicted molar refractivity (Wildman–Crippen MR) is 130 cm³/mol. The molecule has 4 aromatic rings. The van der Waals surface area contributed by atoms with Crippen LogP contribution in [0.4, 0.5) is 11.6 Å². The molecule has 0 atom stereocenters. The number of carbonyl (C=O) groups is 1. The highest BCUT2D eigenvalue weighted by Crippen LogP contribution is 2.28. The van der Waals surface area contributed by atoms with Crippen molar-refractivity contribution in [3.8, 4) is 11.4 Å². The van der Waals surface area contributed by atoms with Crippen LogP contribution < -0.4 is 5.32 Å². The Hall–Kier alpha value is -3.67. The largest absolute Gasteiger partial charge is 0.345 e. The second kappa shape index (κ2) is 9.64. The van der Waals surface area contributed by atoms with Crippen LogP contribution in [0.15, 0.2) is 60.7 Å². The summed E-state index contributed by atoms with van der Waals surface area (Å²) in [5.74, 6) is 2.18. The molecule has 0 radical (unpaired) electrons. The Kier molecular flexibility index (Phi) is 6.50. The first-order valence-corrected chi connectivity index (χ1v) is 11.2. The van der Waals surface area contributed by atoms with E-state index >= 15 is 0 Å². The standard InChI is InChI=1S/C26H29N5O/c1-4-16-31(6-3)26(32)20-17-23(27-21(20)5-2)29-25-19-14-10-11-15-22(19)28-24(30-25)18-12-8-7-9-13-18/h7-15,17,27H,4-6,16H2,1-3H3,(H,28,29,30). The van der Waals surface area contributed by atoms with E-state index in [0.29, 0.717) is 23.8 Å². The van der Waals surface area contributed by atoms with Crippen LogP contribution in [0.2, 0.25) is 0 Å². The number of H-pyrrole nitrogens is 1. The molecule has 32 heavy (non-hydrogen) atoms. The van der Waals surface area contributed by atoms with E-state index in [4.69, 9.17) is 9.97 Å². The number of hydrogen-bond acceptors (Lipinski definition) is 4. The van der Waals surface area contributed by atoms with Crippen molar-refractivity contribution in [3.05, 3.63) is 71.9 Å². The van der Waals surface area contributed by atoms with Crippen molar-refractivity contribution >= 4 is 28.4 Å². The van der Waals surface area contributed by atoms with Gasteiger partial charge in [-0.3, -0.25) is 4.79 Å². The third-order valence-electron chi connectivity index (χ3n) is 5.53. The lowest BCUT2D eigenvalue weighted by molar-refractivity contribution is 0.0763. The zero-order valence-corrected chi connectivity index (χ0v) is 18.9. The summed E-state index contributed by atoms with van der Waals surface area (Å²) in [6.07, 6.45) is 1.68. The summed E-state index contributed by atoms with van der Waals surface area (Å²) in [6, 6.07) is 19.8. The third kappa shape index (κ3) is 4.35. The van der Waals surface area contributed by atoms with Crippen molar-refractivity contribution in [2.75, 3.05) is 18.4 Å². The normalized spacial score (nSPS) is 11.0. The number of amides is 1. The summed E-state index contributed by atoms with van der Waals surface area (Å²) >= 11 is 0. The van der Waals surface area contributed by atoms with Crippen molar-refractivity contribution in [1.82, 2.24) is 19.9 Å². The van der Waals surface area contributed by atoms with Gasteiger partial charge in [-0.2, -0.15) is 0 Å². The average Bonchev–Trinajstić information content (AvgIpc) is 3.25. The second-order valence-electron chi connectivity index (χ2n) is 7.72. The van der Waals surface area contributed by atoms with Crippen LogP contribution in [-0.4, -0.2) is 38.8 Å². The lowest BCUT2D eigenvalue weighted by Crippen LogP contribution is -2.31. The molecular weight excluding hydrogens is 398 g/mol. The number of aromatic amines is 1. The fraction of sp³-hybridized carbons (Fsp3) is 0.269. The number of nitrogens with one attached hydrogen (secondary N) is 2. The molecule has 0 fully saturated rings. The minimum absolute atomic E-state index is 0.0630. The van der Waals surface area contributed by atoms with Gasteiger partial charge < -0.3 is 15.2 Å². The van der Waals surface area contributed by atoms with E-state index in [1.54, 1.807) is 0 Å². The predicted octanol–water partition coefficient (Wildman–Crippen LogP) is 5.80. The number of carbonyl (C=O) groups excluding carboxylic acids is 1. The van der Waals surface area contributed by atoms with Crippen LogP contribution in [-0.2, 0) is 6.42 Å². The molecule has 2 N–H and O–H groups in total. The van der Waals surface area contributed by atoms with Gasteiger partial charge in [0.15, 0.2) is 5.82 Å². The molecule has 0 spiro atoms. The SMILES string of the molecule is CCCN(CC)C(=O)c1cc(Nc2nc(-c3ccccc3)nc3ccccc23)[nH]c1CC. The molecule has 2 heterocycles.